The molecule has 0 radical (unpaired) electrons. The molecule has 0 aromatic heterocycles. The fourth-order valence-corrected chi connectivity index (χ4v) is 2.51. The van der Waals surface area contributed by atoms with Gasteiger partial charge in [0.05, 0.1) is 13.7 Å². The van der Waals surface area contributed by atoms with Gasteiger partial charge in [0, 0.05) is 17.5 Å². The summed E-state index contributed by atoms with van der Waals surface area (Å²) in [4.78, 5) is 0. The minimum absolute atomic E-state index is 0.000185. The Morgan fingerprint density at radius 2 is 2.35 bits per heavy atom. The maximum Gasteiger partial charge on any atom is 0.123 e. The van der Waals surface area contributed by atoms with Gasteiger partial charge in [0.15, 0.2) is 0 Å². The molecule has 1 atom stereocenters. The van der Waals surface area contributed by atoms with Crippen molar-refractivity contribution in [2.24, 2.45) is 0 Å². The zero-order valence-electron chi connectivity index (χ0n) is 10.0. The highest BCUT2D eigenvalue weighted by Gasteiger charge is 2.36. The lowest BCUT2D eigenvalue weighted by molar-refractivity contribution is 0.159. The number of piperidine rings is 1. The molecule has 1 unspecified atom stereocenters. The minimum Gasteiger partial charge on any atom is -0.496 e. The summed E-state index contributed by atoms with van der Waals surface area (Å²) in [6, 6.07) is 4.47. The van der Waals surface area contributed by atoms with Crippen molar-refractivity contribution in [3.63, 3.8) is 0 Å². The van der Waals surface area contributed by atoms with E-state index in [4.69, 9.17) is 4.74 Å². The summed E-state index contributed by atoms with van der Waals surface area (Å²) in [5.41, 5.74) is 0.334. The molecule has 94 valence electrons. The number of aliphatic hydroxyl groups excluding tert-OH is 1. The van der Waals surface area contributed by atoms with E-state index < -0.39 is 5.41 Å². The predicted molar refractivity (Wildman–Crippen MR) is 63.8 cm³/mol. The van der Waals surface area contributed by atoms with Gasteiger partial charge < -0.3 is 15.2 Å². The normalized spacial score (nSPS) is 24.6. The van der Waals surface area contributed by atoms with Crippen LogP contribution in [0, 0.1) is 5.82 Å². The second-order valence-electron chi connectivity index (χ2n) is 4.56. The largest absolute Gasteiger partial charge is 0.496 e. The number of benzene rings is 1. The summed E-state index contributed by atoms with van der Waals surface area (Å²) in [6.45, 7) is 1.60. The first-order valence-electron chi connectivity index (χ1n) is 5.87. The van der Waals surface area contributed by atoms with E-state index >= 15 is 0 Å². The van der Waals surface area contributed by atoms with Crippen molar-refractivity contribution in [2.75, 3.05) is 26.8 Å². The molecule has 0 amide bonds. The van der Waals surface area contributed by atoms with E-state index in [-0.39, 0.29) is 12.4 Å². The van der Waals surface area contributed by atoms with Gasteiger partial charge in [-0.2, -0.15) is 0 Å². The Hall–Kier alpha value is -1.13. The molecule has 1 aromatic rings. The van der Waals surface area contributed by atoms with Crippen LogP contribution in [0.2, 0.25) is 0 Å². The molecule has 0 bridgehead atoms. The fourth-order valence-electron chi connectivity index (χ4n) is 2.51. The second kappa shape index (κ2) is 5.02. The maximum atomic E-state index is 13.4. The van der Waals surface area contributed by atoms with Crippen LogP contribution in [0.15, 0.2) is 18.2 Å². The number of hydrogen-bond donors (Lipinski definition) is 2. The van der Waals surface area contributed by atoms with E-state index in [1.807, 2.05) is 0 Å². The quantitative estimate of drug-likeness (QED) is 0.839. The Kier molecular flexibility index (Phi) is 3.64. The van der Waals surface area contributed by atoms with E-state index in [1.165, 1.54) is 12.1 Å². The molecule has 2 N–H and O–H groups in total. The number of hydrogen-bond acceptors (Lipinski definition) is 3. The molecule has 1 heterocycles. The Labute approximate surface area is 101 Å². The third kappa shape index (κ3) is 2.28. The van der Waals surface area contributed by atoms with Crippen LogP contribution in [-0.4, -0.2) is 31.9 Å². The average molecular weight is 239 g/mol. The van der Waals surface area contributed by atoms with Gasteiger partial charge in [-0.15, -0.1) is 0 Å². The van der Waals surface area contributed by atoms with Crippen LogP contribution in [-0.2, 0) is 5.41 Å². The number of methoxy groups -OCH3 is 1. The molecule has 0 spiro atoms. The topological polar surface area (TPSA) is 41.5 Å². The summed E-state index contributed by atoms with van der Waals surface area (Å²) in [7, 11) is 1.57. The Morgan fingerprint density at radius 1 is 1.53 bits per heavy atom. The number of nitrogens with one attached hydrogen (secondary N) is 1. The van der Waals surface area contributed by atoms with Crippen LogP contribution < -0.4 is 10.1 Å². The molecule has 3 nitrogen and oxygen atoms in total. The van der Waals surface area contributed by atoms with Gasteiger partial charge in [0.2, 0.25) is 0 Å². The zero-order chi connectivity index (χ0) is 12.3. The van der Waals surface area contributed by atoms with E-state index in [0.717, 1.165) is 24.9 Å². The monoisotopic (exact) mass is 239 g/mol. The third-order valence-electron chi connectivity index (χ3n) is 3.51. The summed E-state index contributed by atoms with van der Waals surface area (Å²) in [5.74, 6) is 0.350. The molecule has 1 aliphatic heterocycles. The summed E-state index contributed by atoms with van der Waals surface area (Å²) >= 11 is 0. The van der Waals surface area contributed by atoms with Crippen molar-refractivity contribution in [2.45, 2.75) is 18.3 Å². The zero-order valence-corrected chi connectivity index (χ0v) is 10.0. The van der Waals surface area contributed by atoms with Crippen LogP contribution in [0.3, 0.4) is 0 Å². The van der Waals surface area contributed by atoms with Crippen molar-refractivity contribution in [3.8, 4) is 5.75 Å². The van der Waals surface area contributed by atoms with Crippen LogP contribution in [0.25, 0.3) is 0 Å². The molecule has 1 aromatic carbocycles. The first-order valence-corrected chi connectivity index (χ1v) is 5.87. The van der Waals surface area contributed by atoms with Gasteiger partial charge in [-0.1, -0.05) is 0 Å². The van der Waals surface area contributed by atoms with Crippen molar-refractivity contribution in [1.82, 2.24) is 5.32 Å². The van der Waals surface area contributed by atoms with Gasteiger partial charge in [0.1, 0.15) is 11.6 Å². The molecule has 17 heavy (non-hydrogen) atoms. The number of halogens is 1. The van der Waals surface area contributed by atoms with Crippen LogP contribution in [0.4, 0.5) is 4.39 Å². The van der Waals surface area contributed by atoms with Crippen molar-refractivity contribution < 1.29 is 14.2 Å². The molecular formula is C13H18FNO2. The van der Waals surface area contributed by atoms with Gasteiger partial charge in [0.25, 0.3) is 0 Å². The van der Waals surface area contributed by atoms with Crippen LogP contribution in [0.1, 0.15) is 18.4 Å². The van der Waals surface area contributed by atoms with Crippen LogP contribution >= 0.6 is 0 Å². The van der Waals surface area contributed by atoms with Gasteiger partial charge in [-0.3, -0.25) is 0 Å². The molecule has 1 fully saturated rings. The van der Waals surface area contributed by atoms with Crippen LogP contribution in [0.5, 0.6) is 5.75 Å². The van der Waals surface area contributed by atoms with Gasteiger partial charge in [-0.25, -0.2) is 4.39 Å². The molecule has 0 aliphatic carbocycles. The summed E-state index contributed by atoms with van der Waals surface area (Å²) < 4.78 is 18.7. The fraction of sp³-hybridized carbons (Fsp3) is 0.538. The predicted octanol–water partition coefficient (Wildman–Crippen LogP) is 1.45. The smallest absolute Gasteiger partial charge is 0.123 e. The highest BCUT2D eigenvalue weighted by Crippen LogP contribution is 2.37. The molecule has 1 aliphatic rings. The second-order valence-corrected chi connectivity index (χ2v) is 4.56. The lowest BCUT2D eigenvalue weighted by atomic mass is 9.75. The van der Waals surface area contributed by atoms with E-state index in [1.54, 1.807) is 13.2 Å². The lowest BCUT2D eigenvalue weighted by Crippen LogP contribution is -2.46. The molecule has 2 rings (SSSR count). The molecular weight excluding hydrogens is 221 g/mol. The Balaban J connectivity index is 2.44. The van der Waals surface area contributed by atoms with Crippen molar-refractivity contribution in [3.05, 3.63) is 29.6 Å². The average Bonchev–Trinajstić information content (AvgIpc) is 2.39. The highest BCUT2D eigenvalue weighted by molar-refractivity contribution is 5.41. The van der Waals surface area contributed by atoms with E-state index in [9.17, 15) is 9.50 Å². The summed E-state index contributed by atoms with van der Waals surface area (Å²) in [5, 5.41) is 12.9. The lowest BCUT2D eigenvalue weighted by Gasteiger charge is -2.37. The molecule has 0 saturated carbocycles. The highest BCUT2D eigenvalue weighted by atomic mass is 19.1. The van der Waals surface area contributed by atoms with E-state index in [2.05, 4.69) is 5.32 Å². The van der Waals surface area contributed by atoms with Gasteiger partial charge in [-0.05, 0) is 37.6 Å². The summed E-state index contributed by atoms with van der Waals surface area (Å²) in [6.07, 6.45) is 1.82. The Morgan fingerprint density at radius 3 is 2.94 bits per heavy atom. The standard InChI is InChI=1S/C13H18FNO2/c1-17-12-4-3-10(14)7-11(12)13(9-16)5-2-6-15-8-13/h3-4,7,15-16H,2,5-6,8-9H2,1H3. The number of ether oxygens (including phenoxy) is 1. The Bertz CT molecular complexity index is 389. The number of aliphatic hydroxyl groups is 1. The van der Waals surface area contributed by atoms with Gasteiger partial charge >= 0.3 is 0 Å². The maximum absolute atomic E-state index is 13.4. The van der Waals surface area contributed by atoms with Crippen molar-refractivity contribution in [1.29, 1.82) is 0 Å². The SMILES string of the molecule is COc1ccc(F)cc1C1(CO)CCCNC1. The first-order chi connectivity index (χ1) is 8.22. The molecule has 4 heteroatoms. The number of rotatable bonds is 3. The van der Waals surface area contributed by atoms with E-state index in [0.29, 0.717) is 12.3 Å². The van der Waals surface area contributed by atoms with Crippen molar-refractivity contribution >= 4 is 0 Å². The minimum atomic E-state index is -0.425. The third-order valence-corrected chi connectivity index (χ3v) is 3.51. The first kappa shape index (κ1) is 12.3. The molecule has 1 saturated heterocycles.